The van der Waals surface area contributed by atoms with Crippen LogP contribution in [-0.2, 0) is 26.7 Å². The number of aromatic nitrogens is 6. The molecule has 0 bridgehead atoms. The quantitative estimate of drug-likeness (QED) is 0.135. The minimum Gasteiger partial charge on any atom is -0.340 e. The van der Waals surface area contributed by atoms with Gasteiger partial charge in [-0.3, -0.25) is 9.97 Å². The summed E-state index contributed by atoms with van der Waals surface area (Å²) in [5.41, 5.74) is 22.8. The summed E-state index contributed by atoms with van der Waals surface area (Å²) in [6.45, 7) is 11.6. The molecule has 0 saturated carbocycles. The molecular weight excluding hydrogens is 1250 g/mol. The van der Waals surface area contributed by atoms with Gasteiger partial charge in [0.15, 0.2) is 0 Å². The Labute approximate surface area is 517 Å². The molecule has 0 fully saturated rings. The van der Waals surface area contributed by atoms with Crippen LogP contribution < -0.4 is 0 Å². The van der Waals surface area contributed by atoms with E-state index in [9.17, 15) is 0 Å². The molecule has 0 aliphatic rings. The molecule has 417 valence electrons. The molecule has 16 rings (SSSR count). The van der Waals surface area contributed by atoms with Crippen LogP contribution in [-0.4, -0.2) is 28.2 Å². The van der Waals surface area contributed by atoms with Crippen LogP contribution >= 0.6 is 11.3 Å². The van der Waals surface area contributed by atoms with Gasteiger partial charge in [0, 0.05) is 127 Å². The van der Waals surface area contributed by atoms with Crippen molar-refractivity contribution >= 4 is 75.1 Å². The van der Waals surface area contributed by atoms with Gasteiger partial charge in [-0.25, -0.2) is 0 Å². The number of imidazole rings is 2. The van der Waals surface area contributed by atoms with Crippen molar-refractivity contribution in [2.45, 2.75) is 41.2 Å². The summed E-state index contributed by atoms with van der Waals surface area (Å²) in [6.07, 6.45) is 7.79. The van der Waals surface area contributed by atoms with Crippen LogP contribution in [0.5, 0.6) is 0 Å². The second-order valence-electron chi connectivity index (χ2n) is 22.4. The Hall–Kier alpha value is -9.69. The van der Waals surface area contributed by atoms with E-state index in [4.69, 9.17) is 4.98 Å². The fourth-order valence-electron chi connectivity index (χ4n) is 13.3. The average molecular weight is 1300 g/mol. The molecule has 11 aromatic carbocycles. The van der Waals surface area contributed by atoms with Gasteiger partial charge in [-0.15, -0.1) is 83.1 Å². The molecule has 16 aromatic rings. The number of benzene rings is 11. The van der Waals surface area contributed by atoms with Crippen LogP contribution in [0.2, 0.25) is 0 Å². The summed E-state index contributed by atoms with van der Waals surface area (Å²) in [5, 5.41) is 7.65. The predicted octanol–water partition coefficient (Wildman–Crippen LogP) is 20.2. The topological polar surface area (TPSA) is 45.5 Å². The van der Waals surface area contributed by atoms with Crippen LogP contribution in [0, 0.1) is 46.8 Å². The maximum atomic E-state index is 4.73. The Morgan fingerprint density at radius 2 is 0.942 bits per heavy atom. The molecule has 0 aliphatic heterocycles. The Balaban J connectivity index is 0.000000264. The van der Waals surface area contributed by atoms with Gasteiger partial charge in [-0.05, 0) is 140 Å². The third-order valence-electron chi connectivity index (χ3n) is 16.8. The number of hydrogen-bond donors (Lipinski definition) is 0. The Kier molecular flexibility index (Phi) is 14.1. The Morgan fingerprint density at radius 1 is 0.419 bits per heavy atom. The van der Waals surface area contributed by atoms with Crippen LogP contribution in [0.1, 0.15) is 33.4 Å². The predicted molar refractivity (Wildman–Crippen MR) is 356 cm³/mol. The zero-order valence-electron chi connectivity index (χ0n) is 48.3. The van der Waals surface area contributed by atoms with E-state index in [-0.39, 0.29) is 20.1 Å². The van der Waals surface area contributed by atoms with Crippen LogP contribution in [0.25, 0.3) is 126 Å². The third kappa shape index (κ3) is 9.47. The van der Waals surface area contributed by atoms with Crippen LogP contribution in [0.4, 0.5) is 0 Å². The molecule has 8 heteroatoms. The maximum Gasteiger partial charge on any atom is 0.0602 e. The van der Waals surface area contributed by atoms with Crippen molar-refractivity contribution in [3.8, 4) is 62.1 Å². The van der Waals surface area contributed by atoms with Crippen molar-refractivity contribution in [1.82, 2.24) is 28.2 Å². The standard InChI is InChI=1S/C60H41N4S.C18H17N2.Ir/c1-38-31-40(32-39(2)58(38)62-30-29-61-60(62)41-15-4-3-5-16-41)37-63-53-23-10-6-21-48(53)51-34-43(27-28-54(51)63)50-35-44(36-52-49-22-9-13-26-57(49)65-59(50)52)42-17-14-18-45(33-42)64-55-24-11-7-19-46(55)47-20-8-12-25-56(47)64;1-13-11-14(2)17(15(3)12-13)20-10-9-19-18(20)16-7-5-4-6-8-16;/h3-15,17-36H,37H2,1-2H3;4-7,9-12H,1-3H3;/q2*-1;. The minimum absolute atomic E-state index is 0. The summed E-state index contributed by atoms with van der Waals surface area (Å²) in [4.78, 5) is 9.23. The normalized spacial score (nSPS) is 11.5. The summed E-state index contributed by atoms with van der Waals surface area (Å²) in [5.74, 6) is 1.83. The number of nitrogens with zero attached hydrogens (tertiary/aromatic N) is 6. The van der Waals surface area contributed by atoms with E-state index in [1.54, 1.807) is 0 Å². The minimum atomic E-state index is 0. The number of fused-ring (bicyclic) bond motifs is 9. The van der Waals surface area contributed by atoms with Gasteiger partial charge < -0.3 is 18.3 Å². The molecule has 86 heavy (non-hydrogen) atoms. The first-order valence-corrected chi connectivity index (χ1v) is 29.8. The van der Waals surface area contributed by atoms with Gasteiger partial charge in [-0.2, -0.15) is 0 Å². The number of rotatable bonds is 9. The Morgan fingerprint density at radius 3 is 1.55 bits per heavy atom. The van der Waals surface area contributed by atoms with Crippen molar-refractivity contribution in [2.24, 2.45) is 0 Å². The van der Waals surface area contributed by atoms with E-state index in [1.807, 2.05) is 72.4 Å². The van der Waals surface area contributed by atoms with Crippen molar-refractivity contribution in [3.63, 3.8) is 0 Å². The summed E-state index contributed by atoms with van der Waals surface area (Å²) >= 11 is 1.89. The summed E-state index contributed by atoms with van der Waals surface area (Å²) in [7, 11) is 0. The van der Waals surface area contributed by atoms with Crippen molar-refractivity contribution in [2.75, 3.05) is 0 Å². The summed E-state index contributed by atoms with van der Waals surface area (Å²) < 4.78 is 11.9. The van der Waals surface area contributed by atoms with E-state index in [0.717, 1.165) is 35.0 Å². The van der Waals surface area contributed by atoms with E-state index in [1.165, 1.54) is 131 Å². The SMILES string of the molecule is Cc1cc(C)c(-n2ccnc2-c2[c-]cccc2)c(C)c1.Cc1cc(Cn2c3ccccc3c3cc(-c4cc(-c5cccc(-n6c7ccccc7c7ccccc76)c5)cc5c4sc4ccccc45)ccc32)cc(C)c1-n1ccnc1-c1[c-]cccc1.[Ir]. The molecule has 5 heterocycles. The van der Waals surface area contributed by atoms with Gasteiger partial charge in [0.25, 0.3) is 0 Å². The molecule has 5 aromatic heterocycles. The first-order chi connectivity index (χ1) is 41.7. The first kappa shape index (κ1) is 54.3. The van der Waals surface area contributed by atoms with Gasteiger partial charge >= 0.3 is 0 Å². The Bertz CT molecular complexity index is 5130. The molecule has 1 radical (unpaired) electrons. The zero-order valence-corrected chi connectivity index (χ0v) is 51.5. The molecule has 0 N–H and O–H groups in total. The molecule has 0 spiro atoms. The van der Waals surface area contributed by atoms with Gasteiger partial charge in [0.1, 0.15) is 0 Å². The molecule has 6 nitrogen and oxygen atoms in total. The molecule has 0 aliphatic carbocycles. The fraction of sp³-hybridized carbons (Fsp3) is 0.0769. The maximum absolute atomic E-state index is 4.73. The zero-order chi connectivity index (χ0) is 57.3. The molecule has 0 unspecified atom stereocenters. The molecular formula is C78H58IrN6S-2. The first-order valence-electron chi connectivity index (χ1n) is 29.0. The van der Waals surface area contributed by atoms with Gasteiger partial charge in [-0.1, -0.05) is 121 Å². The number of para-hydroxylation sites is 3. The van der Waals surface area contributed by atoms with Crippen LogP contribution in [0.15, 0.2) is 249 Å². The van der Waals surface area contributed by atoms with Crippen molar-refractivity contribution in [3.05, 3.63) is 295 Å². The van der Waals surface area contributed by atoms with Crippen LogP contribution in [0.3, 0.4) is 0 Å². The molecule has 0 atom stereocenters. The van der Waals surface area contributed by atoms with Gasteiger partial charge in [0.05, 0.1) is 22.7 Å². The van der Waals surface area contributed by atoms with E-state index in [2.05, 4.69) is 258 Å². The van der Waals surface area contributed by atoms with Gasteiger partial charge in [0.2, 0.25) is 0 Å². The fourth-order valence-corrected chi connectivity index (χ4v) is 14.5. The monoisotopic (exact) mass is 1300 g/mol. The number of hydrogen-bond acceptors (Lipinski definition) is 3. The van der Waals surface area contributed by atoms with Crippen molar-refractivity contribution in [1.29, 1.82) is 0 Å². The smallest absolute Gasteiger partial charge is 0.0602 e. The molecule has 0 saturated heterocycles. The number of aryl methyl sites for hydroxylation is 5. The second kappa shape index (κ2) is 22.4. The second-order valence-corrected chi connectivity index (χ2v) is 23.4. The van der Waals surface area contributed by atoms with E-state index < -0.39 is 0 Å². The summed E-state index contributed by atoms with van der Waals surface area (Å²) in [6, 6.07) is 88.0. The van der Waals surface area contributed by atoms with E-state index >= 15 is 0 Å². The number of thiophene rings is 1. The largest absolute Gasteiger partial charge is 0.340 e. The molecule has 0 amide bonds. The van der Waals surface area contributed by atoms with Crippen molar-refractivity contribution < 1.29 is 20.1 Å². The van der Waals surface area contributed by atoms with E-state index in [0.29, 0.717) is 0 Å². The third-order valence-corrected chi connectivity index (χ3v) is 18.0. The average Bonchev–Trinajstić information content (AvgIpc) is 2.32.